The van der Waals surface area contributed by atoms with Gasteiger partial charge in [-0.3, -0.25) is 4.79 Å². The van der Waals surface area contributed by atoms with Crippen LogP contribution in [0.25, 0.3) is 0 Å². The number of benzene rings is 2. The summed E-state index contributed by atoms with van der Waals surface area (Å²) in [6.07, 6.45) is 5.88. The third-order valence-electron chi connectivity index (χ3n) is 5.18. The minimum absolute atomic E-state index is 0.133. The maximum absolute atomic E-state index is 12.3. The molecule has 3 N–H and O–H groups in total. The van der Waals surface area contributed by atoms with Gasteiger partial charge in [0.1, 0.15) is 0 Å². The number of amides is 1. The van der Waals surface area contributed by atoms with Crippen molar-refractivity contribution in [3.63, 3.8) is 0 Å². The van der Waals surface area contributed by atoms with Crippen molar-refractivity contribution in [2.24, 2.45) is 10.2 Å². The molecule has 3 aromatic rings. The first-order valence-electron chi connectivity index (χ1n) is 10.4. The predicted octanol–water partition coefficient (Wildman–Crippen LogP) is 5.19. The van der Waals surface area contributed by atoms with Crippen LogP contribution in [0.2, 0.25) is 0 Å². The van der Waals surface area contributed by atoms with E-state index in [0.29, 0.717) is 22.4 Å². The quantitative estimate of drug-likeness (QED) is 0.302. The lowest BCUT2D eigenvalue weighted by molar-refractivity contribution is -0.113. The molecular formula is C22H25N7OS. The number of aromatic nitrogens is 3. The molecule has 2 aromatic carbocycles. The van der Waals surface area contributed by atoms with Crippen LogP contribution >= 0.6 is 11.8 Å². The Balaban J connectivity index is 1.28. The fraction of sp³-hybridized carbons (Fsp3) is 0.318. The zero-order chi connectivity index (χ0) is 21.5. The van der Waals surface area contributed by atoms with Gasteiger partial charge in [0.2, 0.25) is 11.1 Å². The normalized spacial score (nSPS) is 14.7. The maximum atomic E-state index is 12.3. The van der Waals surface area contributed by atoms with E-state index in [0.717, 1.165) is 24.4 Å². The second-order valence-electron chi connectivity index (χ2n) is 7.46. The molecule has 1 fully saturated rings. The highest BCUT2D eigenvalue weighted by Gasteiger charge is 2.22. The Bertz CT molecular complexity index is 1030. The van der Waals surface area contributed by atoms with Crippen LogP contribution in [-0.2, 0) is 4.79 Å². The van der Waals surface area contributed by atoms with E-state index in [1.807, 2.05) is 42.5 Å². The molecule has 1 aliphatic rings. The van der Waals surface area contributed by atoms with Gasteiger partial charge in [-0.2, -0.15) is 10.2 Å². The fourth-order valence-corrected chi connectivity index (χ4v) is 4.24. The first-order valence-corrected chi connectivity index (χ1v) is 11.4. The van der Waals surface area contributed by atoms with Gasteiger partial charge in [-0.1, -0.05) is 49.2 Å². The largest absolute Gasteiger partial charge is 0.336 e. The summed E-state index contributed by atoms with van der Waals surface area (Å²) in [5.74, 6) is 7.44. The number of azo groups is 1. The van der Waals surface area contributed by atoms with Gasteiger partial charge in [-0.15, -0.1) is 10.2 Å². The molecule has 0 saturated heterocycles. The minimum Gasteiger partial charge on any atom is -0.336 e. The molecule has 8 nitrogen and oxygen atoms in total. The predicted molar refractivity (Wildman–Crippen MR) is 122 cm³/mol. The van der Waals surface area contributed by atoms with Crippen LogP contribution in [0.1, 0.15) is 43.8 Å². The van der Waals surface area contributed by atoms with Gasteiger partial charge >= 0.3 is 0 Å². The van der Waals surface area contributed by atoms with Crippen LogP contribution in [0.15, 0.2) is 70.0 Å². The van der Waals surface area contributed by atoms with E-state index in [1.54, 1.807) is 16.8 Å². The Kier molecular flexibility index (Phi) is 6.93. The van der Waals surface area contributed by atoms with Crippen LogP contribution in [0.5, 0.6) is 0 Å². The highest BCUT2D eigenvalue weighted by molar-refractivity contribution is 7.99. The Hall–Kier alpha value is -3.20. The Morgan fingerprint density at radius 1 is 1.00 bits per heavy atom. The van der Waals surface area contributed by atoms with Crippen LogP contribution in [0, 0.1) is 0 Å². The molecule has 0 spiro atoms. The van der Waals surface area contributed by atoms with E-state index in [2.05, 4.69) is 25.7 Å². The summed E-state index contributed by atoms with van der Waals surface area (Å²) in [5.41, 5.74) is 2.19. The van der Waals surface area contributed by atoms with Crippen molar-refractivity contribution in [3.8, 4) is 0 Å². The number of thioether (sulfide) groups is 1. The SMILES string of the molecule is Nn1c(SCC(=O)Nc2ccc(N=Nc3ccccc3)cc2)nnc1C1CCCCC1. The van der Waals surface area contributed by atoms with E-state index in [4.69, 9.17) is 5.84 Å². The van der Waals surface area contributed by atoms with E-state index in [-0.39, 0.29) is 11.7 Å². The molecular weight excluding hydrogens is 410 g/mol. The lowest BCUT2D eigenvalue weighted by atomic mass is 9.89. The van der Waals surface area contributed by atoms with Crippen LogP contribution in [0.4, 0.5) is 17.1 Å². The Morgan fingerprint density at radius 2 is 1.68 bits per heavy atom. The number of nitrogen functional groups attached to an aromatic ring is 1. The van der Waals surface area contributed by atoms with E-state index >= 15 is 0 Å². The number of hydrogen-bond acceptors (Lipinski definition) is 7. The summed E-state index contributed by atoms with van der Waals surface area (Å²) < 4.78 is 1.54. The molecule has 0 aliphatic heterocycles. The van der Waals surface area contributed by atoms with Gasteiger partial charge in [0, 0.05) is 11.6 Å². The second kappa shape index (κ2) is 10.2. The number of hydrogen-bond donors (Lipinski definition) is 2. The summed E-state index contributed by atoms with van der Waals surface area (Å²) in [6.45, 7) is 0. The molecule has 4 rings (SSSR count). The maximum Gasteiger partial charge on any atom is 0.234 e. The van der Waals surface area contributed by atoms with Crippen molar-refractivity contribution >= 4 is 34.7 Å². The Labute approximate surface area is 185 Å². The number of carbonyl (C=O) groups is 1. The second-order valence-corrected chi connectivity index (χ2v) is 8.41. The van der Waals surface area contributed by atoms with Gasteiger partial charge in [-0.05, 0) is 49.2 Å². The fourth-order valence-electron chi connectivity index (χ4n) is 3.57. The first-order chi connectivity index (χ1) is 15.2. The number of nitrogens with zero attached hydrogens (tertiary/aromatic N) is 5. The minimum atomic E-state index is -0.133. The Morgan fingerprint density at radius 3 is 2.39 bits per heavy atom. The van der Waals surface area contributed by atoms with Crippen molar-refractivity contribution in [2.75, 3.05) is 16.9 Å². The highest BCUT2D eigenvalue weighted by Crippen LogP contribution is 2.32. The smallest absolute Gasteiger partial charge is 0.234 e. The molecule has 1 heterocycles. The zero-order valence-electron chi connectivity index (χ0n) is 17.1. The van der Waals surface area contributed by atoms with Crippen molar-refractivity contribution < 1.29 is 4.79 Å². The molecule has 9 heteroatoms. The van der Waals surface area contributed by atoms with E-state index < -0.39 is 0 Å². The van der Waals surface area contributed by atoms with Gasteiger partial charge in [0.05, 0.1) is 17.1 Å². The molecule has 0 unspecified atom stereocenters. The van der Waals surface area contributed by atoms with E-state index in [1.165, 1.54) is 31.0 Å². The monoisotopic (exact) mass is 435 g/mol. The van der Waals surface area contributed by atoms with Crippen molar-refractivity contribution in [1.82, 2.24) is 14.9 Å². The molecule has 31 heavy (non-hydrogen) atoms. The van der Waals surface area contributed by atoms with Gasteiger partial charge in [0.25, 0.3) is 0 Å². The van der Waals surface area contributed by atoms with Crippen LogP contribution in [0.3, 0.4) is 0 Å². The standard InChI is InChI=1S/C22H25N7OS/c23-29-21(16-7-3-1-4-8-16)27-28-22(29)31-15-20(30)24-17-11-13-19(14-12-17)26-25-18-9-5-2-6-10-18/h2,5-6,9-14,16H,1,3-4,7-8,15,23H2,(H,24,30). The molecule has 1 aromatic heterocycles. The van der Waals surface area contributed by atoms with Crippen LogP contribution in [-0.4, -0.2) is 26.5 Å². The third-order valence-corrected chi connectivity index (χ3v) is 6.12. The summed E-state index contributed by atoms with van der Waals surface area (Å²) in [6, 6.07) is 16.7. The molecule has 0 atom stereocenters. The molecule has 0 bridgehead atoms. The lowest BCUT2D eigenvalue weighted by Crippen LogP contribution is -2.19. The average molecular weight is 436 g/mol. The van der Waals surface area contributed by atoms with Gasteiger partial charge < -0.3 is 11.2 Å². The van der Waals surface area contributed by atoms with Crippen molar-refractivity contribution in [1.29, 1.82) is 0 Å². The summed E-state index contributed by atoms with van der Waals surface area (Å²) in [5, 5.41) is 20.3. The van der Waals surface area contributed by atoms with E-state index in [9.17, 15) is 4.79 Å². The molecule has 0 radical (unpaired) electrons. The number of carbonyl (C=O) groups excluding carboxylic acids is 1. The summed E-state index contributed by atoms with van der Waals surface area (Å²) in [7, 11) is 0. The number of nitrogens with two attached hydrogens (primary N) is 1. The van der Waals surface area contributed by atoms with Crippen molar-refractivity contribution in [2.45, 2.75) is 43.2 Å². The third kappa shape index (κ3) is 5.69. The molecule has 1 aliphatic carbocycles. The molecule has 1 saturated carbocycles. The zero-order valence-corrected chi connectivity index (χ0v) is 18.0. The lowest BCUT2D eigenvalue weighted by Gasteiger charge is -2.20. The molecule has 160 valence electrons. The average Bonchev–Trinajstić information content (AvgIpc) is 3.19. The van der Waals surface area contributed by atoms with Crippen molar-refractivity contribution in [3.05, 3.63) is 60.4 Å². The summed E-state index contributed by atoms with van der Waals surface area (Å²) >= 11 is 1.29. The highest BCUT2D eigenvalue weighted by atomic mass is 32.2. The molecule has 1 amide bonds. The first kappa shape index (κ1) is 21.0. The van der Waals surface area contributed by atoms with Gasteiger partial charge in [-0.25, -0.2) is 4.68 Å². The number of anilines is 1. The van der Waals surface area contributed by atoms with Crippen LogP contribution < -0.4 is 11.2 Å². The summed E-state index contributed by atoms with van der Waals surface area (Å²) in [4.78, 5) is 12.3. The van der Waals surface area contributed by atoms with Gasteiger partial charge in [0.15, 0.2) is 5.82 Å². The topological polar surface area (TPSA) is 111 Å². The number of nitrogens with one attached hydrogen (secondary N) is 1. The number of rotatable bonds is 7.